The van der Waals surface area contributed by atoms with Gasteiger partial charge in [0.1, 0.15) is 22.0 Å². The van der Waals surface area contributed by atoms with Crippen molar-refractivity contribution in [2.75, 3.05) is 10.6 Å². The third-order valence-corrected chi connectivity index (χ3v) is 12.4. The number of carbonyl (C=O) groups is 3. The largest absolute Gasteiger partial charge is 0.361 e. The molecule has 1 aliphatic rings. The van der Waals surface area contributed by atoms with Crippen molar-refractivity contribution < 1.29 is 14.4 Å². The third kappa shape index (κ3) is 8.45. The lowest BCUT2D eigenvalue weighted by molar-refractivity contribution is -0.116. The molecule has 5 aromatic carbocycles. The van der Waals surface area contributed by atoms with E-state index in [1.165, 1.54) is 28.7 Å². The van der Waals surface area contributed by atoms with Gasteiger partial charge in [-0.15, -0.1) is 23.1 Å². The van der Waals surface area contributed by atoms with Crippen molar-refractivity contribution in [2.24, 2.45) is 0 Å². The van der Waals surface area contributed by atoms with Crippen LogP contribution in [0.4, 0.5) is 10.7 Å². The first-order valence-electron chi connectivity index (χ1n) is 18.6. The Morgan fingerprint density at radius 2 is 1.56 bits per heavy atom. The minimum atomic E-state index is -0.664. The molecule has 0 bridgehead atoms. The summed E-state index contributed by atoms with van der Waals surface area (Å²) in [6, 6.07) is 46.1. The topological polar surface area (TPSA) is 127 Å². The third-order valence-electron chi connectivity index (χ3n) is 10.0. The van der Waals surface area contributed by atoms with Gasteiger partial charge in [0, 0.05) is 43.7 Å². The molecule has 2 heterocycles. The number of rotatable bonds is 11. The van der Waals surface area contributed by atoms with E-state index in [9.17, 15) is 19.6 Å². The Balaban J connectivity index is 1.03. The molecule has 10 heteroatoms. The lowest BCUT2D eigenvalue weighted by Crippen LogP contribution is -2.30. The highest BCUT2D eigenvalue weighted by molar-refractivity contribution is 8.00. The fourth-order valence-corrected chi connectivity index (χ4v) is 9.54. The van der Waals surface area contributed by atoms with Crippen molar-refractivity contribution in [1.82, 2.24) is 10.3 Å². The van der Waals surface area contributed by atoms with Gasteiger partial charge < -0.3 is 20.9 Å². The first-order chi connectivity index (χ1) is 27.9. The molecule has 7 aromatic rings. The van der Waals surface area contributed by atoms with E-state index < -0.39 is 17.1 Å². The average molecular weight is 784 g/mol. The van der Waals surface area contributed by atoms with Gasteiger partial charge in [0.15, 0.2) is 0 Å². The van der Waals surface area contributed by atoms with E-state index in [2.05, 4.69) is 51.3 Å². The quantitative estimate of drug-likeness (QED) is 0.0768. The van der Waals surface area contributed by atoms with E-state index in [1.807, 2.05) is 84.9 Å². The van der Waals surface area contributed by atoms with E-state index in [4.69, 9.17) is 0 Å². The molecule has 0 saturated heterocycles. The number of para-hydroxylation sites is 1. The maximum absolute atomic E-state index is 14.2. The summed E-state index contributed by atoms with van der Waals surface area (Å²) in [6.07, 6.45) is 6.02. The summed E-state index contributed by atoms with van der Waals surface area (Å²) >= 11 is 2.85. The SMILES string of the molecule is N#Cc1c(NC(=O)C(Sc2cccc(NC(=O)/C(=C/c3c[nH]c4ccccc34)NC(=O)c3ccccc3)c2)c2ccccc2)sc2c1CCC(c1ccccc1)C2. The van der Waals surface area contributed by atoms with Gasteiger partial charge in [0.2, 0.25) is 5.91 Å². The zero-order chi connectivity index (χ0) is 39.1. The number of aromatic amines is 1. The molecule has 57 heavy (non-hydrogen) atoms. The first kappa shape index (κ1) is 37.3. The molecule has 0 saturated carbocycles. The Hall–Kier alpha value is -6.67. The van der Waals surface area contributed by atoms with Gasteiger partial charge in [-0.05, 0) is 84.3 Å². The van der Waals surface area contributed by atoms with Crippen LogP contribution in [0.25, 0.3) is 17.0 Å². The molecule has 0 fully saturated rings. The van der Waals surface area contributed by atoms with Crippen LogP contribution in [0, 0.1) is 11.3 Å². The maximum atomic E-state index is 14.2. The van der Waals surface area contributed by atoms with Crippen LogP contribution in [0.1, 0.15) is 60.6 Å². The Morgan fingerprint density at radius 1 is 0.842 bits per heavy atom. The van der Waals surface area contributed by atoms with Crippen LogP contribution in [0.3, 0.4) is 0 Å². The van der Waals surface area contributed by atoms with Gasteiger partial charge in [-0.3, -0.25) is 14.4 Å². The van der Waals surface area contributed by atoms with Crippen LogP contribution in [0.5, 0.6) is 0 Å². The fourth-order valence-electron chi connectivity index (χ4n) is 7.17. The van der Waals surface area contributed by atoms with Crippen LogP contribution >= 0.6 is 23.1 Å². The normalized spacial score (nSPS) is 14.2. The molecule has 4 N–H and O–H groups in total. The summed E-state index contributed by atoms with van der Waals surface area (Å²) in [5.41, 5.74) is 6.29. The Labute approximate surface area is 338 Å². The number of carbonyl (C=O) groups excluding carboxylic acids is 3. The molecule has 0 spiro atoms. The van der Waals surface area contributed by atoms with Crippen molar-refractivity contribution in [3.05, 3.63) is 190 Å². The average Bonchev–Trinajstić information content (AvgIpc) is 3.83. The second kappa shape index (κ2) is 17.0. The number of nitriles is 1. The van der Waals surface area contributed by atoms with Gasteiger partial charge in [0.05, 0.1) is 5.56 Å². The number of hydrogen-bond donors (Lipinski definition) is 4. The number of amides is 3. The predicted octanol–water partition coefficient (Wildman–Crippen LogP) is 10.3. The fraction of sp³-hybridized carbons (Fsp3) is 0.106. The van der Waals surface area contributed by atoms with E-state index in [1.54, 1.807) is 42.6 Å². The van der Waals surface area contributed by atoms with E-state index in [-0.39, 0.29) is 11.6 Å². The Bertz CT molecular complexity index is 2650. The van der Waals surface area contributed by atoms with Crippen molar-refractivity contribution in [2.45, 2.75) is 35.3 Å². The van der Waals surface area contributed by atoms with E-state index in [0.29, 0.717) is 27.7 Å². The summed E-state index contributed by atoms with van der Waals surface area (Å²) in [5.74, 6) is -0.805. The van der Waals surface area contributed by atoms with Crippen molar-refractivity contribution in [3.8, 4) is 6.07 Å². The summed E-state index contributed by atoms with van der Waals surface area (Å²) in [6.45, 7) is 0. The smallest absolute Gasteiger partial charge is 0.272 e. The number of H-pyrrole nitrogens is 1. The van der Waals surface area contributed by atoms with Crippen LogP contribution in [-0.4, -0.2) is 22.7 Å². The minimum Gasteiger partial charge on any atom is -0.361 e. The number of thioether (sulfide) groups is 1. The van der Waals surface area contributed by atoms with Crippen LogP contribution in [0.15, 0.2) is 156 Å². The number of aromatic nitrogens is 1. The van der Waals surface area contributed by atoms with Gasteiger partial charge in [-0.2, -0.15) is 5.26 Å². The molecule has 2 unspecified atom stereocenters. The van der Waals surface area contributed by atoms with E-state index >= 15 is 0 Å². The zero-order valence-electron chi connectivity index (χ0n) is 30.7. The molecule has 1 aliphatic carbocycles. The summed E-state index contributed by atoms with van der Waals surface area (Å²) < 4.78 is 0. The second-order valence-electron chi connectivity index (χ2n) is 13.7. The van der Waals surface area contributed by atoms with Gasteiger partial charge in [-0.25, -0.2) is 0 Å². The van der Waals surface area contributed by atoms with Crippen molar-refractivity contribution >= 4 is 68.5 Å². The summed E-state index contributed by atoms with van der Waals surface area (Å²) in [5, 5.41) is 20.0. The highest BCUT2D eigenvalue weighted by atomic mass is 32.2. The molecule has 8 rings (SSSR count). The van der Waals surface area contributed by atoms with Crippen LogP contribution < -0.4 is 16.0 Å². The number of nitrogens with one attached hydrogen (secondary N) is 4. The minimum absolute atomic E-state index is 0.0650. The number of hydrogen-bond acceptors (Lipinski definition) is 6. The maximum Gasteiger partial charge on any atom is 0.272 e. The lowest BCUT2D eigenvalue weighted by atomic mass is 9.83. The molecule has 3 amide bonds. The van der Waals surface area contributed by atoms with E-state index in [0.717, 1.165) is 56.6 Å². The molecule has 0 aliphatic heterocycles. The Morgan fingerprint density at radius 3 is 2.33 bits per heavy atom. The molecular weight excluding hydrogens is 747 g/mol. The number of nitrogens with zero attached hydrogens (tertiary/aromatic N) is 1. The highest BCUT2D eigenvalue weighted by Crippen LogP contribution is 2.44. The van der Waals surface area contributed by atoms with Crippen molar-refractivity contribution in [1.29, 1.82) is 5.26 Å². The Kier molecular flexibility index (Phi) is 11.1. The second-order valence-corrected chi connectivity index (χ2v) is 16.0. The number of thiophene rings is 1. The summed E-state index contributed by atoms with van der Waals surface area (Å²) in [4.78, 5) is 46.6. The zero-order valence-corrected chi connectivity index (χ0v) is 32.3. The summed E-state index contributed by atoms with van der Waals surface area (Å²) in [7, 11) is 0. The standard InChI is InChI=1S/C47H37N5O3S2/c48-28-39-38-24-23-33(30-13-4-1-5-14-30)26-42(38)57-47(39)52-46(55)43(31-15-6-2-7-16-31)56-36-20-12-19-35(27-36)50-45(54)41(51-44(53)32-17-8-3-9-18-32)25-34-29-49-40-22-11-10-21-37(34)40/h1-22,25,27,29,33,43,49H,23-24,26H2,(H,50,54)(H,51,53)(H,52,55)/b41-25-. The lowest BCUT2D eigenvalue weighted by Gasteiger charge is -2.22. The molecule has 2 atom stereocenters. The molecular formula is C47H37N5O3S2. The molecule has 0 radical (unpaired) electrons. The molecule has 280 valence electrons. The van der Waals surface area contributed by atoms with Gasteiger partial charge in [-0.1, -0.05) is 103 Å². The van der Waals surface area contributed by atoms with Crippen molar-refractivity contribution in [3.63, 3.8) is 0 Å². The van der Waals surface area contributed by atoms with Gasteiger partial charge >= 0.3 is 0 Å². The van der Waals surface area contributed by atoms with Crippen LogP contribution in [-0.2, 0) is 22.4 Å². The molecule has 2 aromatic heterocycles. The van der Waals surface area contributed by atoms with Gasteiger partial charge in [0.25, 0.3) is 11.8 Å². The number of anilines is 2. The van der Waals surface area contributed by atoms with Crippen LogP contribution in [0.2, 0.25) is 0 Å². The number of fused-ring (bicyclic) bond motifs is 2. The number of benzene rings is 5. The molecule has 8 nitrogen and oxygen atoms in total. The predicted molar refractivity (Wildman–Crippen MR) is 229 cm³/mol. The highest BCUT2D eigenvalue weighted by Gasteiger charge is 2.29. The monoisotopic (exact) mass is 783 g/mol. The first-order valence-corrected chi connectivity index (χ1v) is 20.3.